The number of nitrogens with one attached hydrogen (secondary N) is 2. The van der Waals surface area contributed by atoms with E-state index in [2.05, 4.69) is 43.5 Å². The summed E-state index contributed by atoms with van der Waals surface area (Å²) < 4.78 is 0. The zero-order chi connectivity index (χ0) is 21.4. The molecule has 1 aromatic rings. The van der Waals surface area contributed by atoms with Crippen LogP contribution in [0.5, 0.6) is 0 Å². The van der Waals surface area contributed by atoms with E-state index in [-0.39, 0.29) is 35.4 Å². The van der Waals surface area contributed by atoms with Gasteiger partial charge in [0.2, 0.25) is 0 Å². The van der Waals surface area contributed by atoms with Gasteiger partial charge in [0.05, 0.1) is 6.54 Å². The topological polar surface area (TPSA) is 60.0 Å². The number of rotatable bonds is 7. The summed E-state index contributed by atoms with van der Waals surface area (Å²) in [4.78, 5) is 20.8. The first-order valence-corrected chi connectivity index (χ1v) is 10.8. The first kappa shape index (κ1) is 26.7. The Balaban J connectivity index is 0.00000450. The zero-order valence-electron chi connectivity index (χ0n) is 19.5. The minimum absolute atomic E-state index is 0. The van der Waals surface area contributed by atoms with Crippen LogP contribution in [0.2, 0.25) is 0 Å². The molecule has 1 aliphatic rings. The van der Waals surface area contributed by atoms with E-state index in [0.29, 0.717) is 12.1 Å². The van der Waals surface area contributed by atoms with Crippen LogP contribution in [0.15, 0.2) is 29.3 Å². The summed E-state index contributed by atoms with van der Waals surface area (Å²) in [5, 5.41) is 6.95. The predicted octanol–water partition coefficient (Wildman–Crippen LogP) is 3.57. The lowest BCUT2D eigenvalue weighted by atomic mass is 9.75. The first-order valence-electron chi connectivity index (χ1n) is 10.8. The second-order valence-electron chi connectivity index (χ2n) is 8.77. The Morgan fingerprint density at radius 2 is 1.83 bits per heavy atom. The Labute approximate surface area is 199 Å². The van der Waals surface area contributed by atoms with Gasteiger partial charge >= 0.3 is 0 Å². The van der Waals surface area contributed by atoms with Gasteiger partial charge in [-0.1, -0.05) is 31.9 Å². The molecule has 7 heteroatoms. The molecule has 0 bridgehead atoms. The summed E-state index contributed by atoms with van der Waals surface area (Å²) in [6, 6.07) is 7.71. The minimum atomic E-state index is 0. The second kappa shape index (κ2) is 12.5. The minimum Gasteiger partial charge on any atom is -0.357 e. The van der Waals surface area contributed by atoms with Gasteiger partial charge in [-0.3, -0.25) is 4.79 Å². The number of benzene rings is 1. The normalized spacial score (nSPS) is 21.7. The molecular weight excluding hydrogens is 489 g/mol. The molecule has 1 amide bonds. The number of likely N-dealkylation sites (N-methyl/N-ethyl adjacent to an activating group) is 1. The highest BCUT2D eigenvalue weighted by molar-refractivity contribution is 14.0. The molecule has 1 fully saturated rings. The third-order valence-electron chi connectivity index (χ3n) is 5.97. The summed E-state index contributed by atoms with van der Waals surface area (Å²) in [6.45, 7) is 6.75. The number of hydrogen-bond donors (Lipinski definition) is 2. The SMILES string of the molecule is CCNC(=NCc1ccc(C(=O)N(C)C)cc1)NCC1(N(C)C)CCCC(C)C1.I. The highest BCUT2D eigenvalue weighted by Crippen LogP contribution is 2.35. The Hall–Kier alpha value is -1.35. The van der Waals surface area contributed by atoms with E-state index in [4.69, 9.17) is 4.99 Å². The van der Waals surface area contributed by atoms with E-state index in [1.165, 1.54) is 25.7 Å². The number of hydrogen-bond acceptors (Lipinski definition) is 3. The number of guanidine groups is 1. The number of halogens is 1. The molecule has 0 spiro atoms. The highest BCUT2D eigenvalue weighted by Gasteiger charge is 2.36. The molecule has 0 aliphatic heterocycles. The van der Waals surface area contributed by atoms with Crippen LogP contribution in [-0.2, 0) is 6.54 Å². The smallest absolute Gasteiger partial charge is 0.253 e. The summed E-state index contributed by atoms with van der Waals surface area (Å²) in [7, 11) is 7.92. The van der Waals surface area contributed by atoms with E-state index < -0.39 is 0 Å². The lowest BCUT2D eigenvalue weighted by molar-refractivity contribution is 0.0795. The lowest BCUT2D eigenvalue weighted by Gasteiger charge is -2.45. The van der Waals surface area contributed by atoms with Gasteiger partial charge < -0.3 is 20.4 Å². The number of nitrogens with zero attached hydrogens (tertiary/aromatic N) is 3. The molecule has 2 N–H and O–H groups in total. The monoisotopic (exact) mass is 529 g/mol. The van der Waals surface area contributed by atoms with Crippen molar-refractivity contribution < 1.29 is 4.79 Å². The van der Waals surface area contributed by atoms with Crippen LogP contribution in [-0.4, -0.2) is 68.5 Å². The molecule has 0 saturated heterocycles. The fourth-order valence-electron chi connectivity index (χ4n) is 4.13. The number of carbonyl (C=O) groups is 1. The van der Waals surface area contributed by atoms with Crippen LogP contribution in [0.25, 0.3) is 0 Å². The maximum atomic E-state index is 12.0. The third kappa shape index (κ3) is 7.41. The molecule has 1 aliphatic carbocycles. The number of aliphatic imine (C=N–C) groups is 1. The Bertz CT molecular complexity index is 689. The Morgan fingerprint density at radius 1 is 1.17 bits per heavy atom. The average molecular weight is 530 g/mol. The molecule has 30 heavy (non-hydrogen) atoms. The summed E-state index contributed by atoms with van der Waals surface area (Å²) >= 11 is 0. The first-order chi connectivity index (χ1) is 13.8. The van der Waals surface area contributed by atoms with Crippen molar-refractivity contribution in [2.45, 2.75) is 51.6 Å². The van der Waals surface area contributed by atoms with Crippen molar-refractivity contribution in [2.75, 3.05) is 41.3 Å². The molecule has 1 saturated carbocycles. The summed E-state index contributed by atoms with van der Waals surface area (Å²) in [6.07, 6.45) is 5.05. The van der Waals surface area contributed by atoms with Crippen molar-refractivity contribution >= 4 is 35.8 Å². The predicted molar refractivity (Wildman–Crippen MR) is 137 cm³/mol. The standard InChI is InChI=1S/C23H39N5O.HI/c1-7-24-22(26-17-23(28(5)6)14-8-9-18(2)15-23)25-16-19-10-12-20(13-11-19)21(29)27(3)4;/h10-13,18H,7-9,14-17H2,1-6H3,(H2,24,25,26);1H. The molecule has 2 unspecified atom stereocenters. The maximum absolute atomic E-state index is 12.0. The Kier molecular flexibility index (Phi) is 11.1. The Morgan fingerprint density at radius 3 is 2.37 bits per heavy atom. The van der Waals surface area contributed by atoms with Gasteiger partial charge in [-0.2, -0.15) is 0 Å². The molecule has 6 nitrogen and oxygen atoms in total. The maximum Gasteiger partial charge on any atom is 0.253 e. The van der Waals surface area contributed by atoms with Crippen LogP contribution < -0.4 is 10.6 Å². The molecule has 2 atom stereocenters. The molecule has 2 rings (SSSR count). The van der Waals surface area contributed by atoms with Gasteiger partial charge in [0, 0.05) is 38.3 Å². The largest absolute Gasteiger partial charge is 0.357 e. The lowest BCUT2D eigenvalue weighted by Crippen LogP contribution is -2.56. The fraction of sp³-hybridized carbons (Fsp3) is 0.652. The number of carbonyl (C=O) groups excluding carboxylic acids is 1. The van der Waals surface area contributed by atoms with E-state index in [9.17, 15) is 4.79 Å². The van der Waals surface area contributed by atoms with Crippen molar-refractivity contribution in [3.63, 3.8) is 0 Å². The van der Waals surface area contributed by atoms with Crippen LogP contribution in [0.3, 0.4) is 0 Å². The summed E-state index contributed by atoms with van der Waals surface area (Å²) in [5.74, 6) is 1.63. The van der Waals surface area contributed by atoms with Gasteiger partial charge in [0.25, 0.3) is 5.91 Å². The van der Waals surface area contributed by atoms with Gasteiger partial charge in [-0.05, 0) is 57.5 Å². The van der Waals surface area contributed by atoms with Crippen molar-refractivity contribution in [1.29, 1.82) is 0 Å². The van der Waals surface area contributed by atoms with Gasteiger partial charge in [0.15, 0.2) is 5.96 Å². The average Bonchev–Trinajstić information content (AvgIpc) is 2.69. The van der Waals surface area contributed by atoms with Gasteiger partial charge in [0.1, 0.15) is 0 Å². The molecular formula is C23H40IN5O. The van der Waals surface area contributed by atoms with E-state index in [1.807, 2.05) is 24.3 Å². The highest BCUT2D eigenvalue weighted by atomic mass is 127. The van der Waals surface area contributed by atoms with Crippen molar-refractivity contribution in [3.8, 4) is 0 Å². The summed E-state index contributed by atoms with van der Waals surface area (Å²) in [5.41, 5.74) is 1.97. The molecule has 0 aromatic heterocycles. The molecule has 1 aromatic carbocycles. The molecule has 0 radical (unpaired) electrons. The van der Waals surface area contributed by atoms with Crippen LogP contribution in [0.1, 0.15) is 55.5 Å². The number of amides is 1. The molecule has 170 valence electrons. The van der Waals surface area contributed by atoms with Crippen molar-refractivity contribution in [3.05, 3.63) is 35.4 Å². The van der Waals surface area contributed by atoms with Crippen LogP contribution >= 0.6 is 24.0 Å². The van der Waals surface area contributed by atoms with E-state index in [0.717, 1.165) is 30.5 Å². The van der Waals surface area contributed by atoms with Crippen LogP contribution in [0, 0.1) is 5.92 Å². The molecule has 0 heterocycles. The van der Waals surface area contributed by atoms with Crippen LogP contribution in [0.4, 0.5) is 0 Å². The van der Waals surface area contributed by atoms with E-state index >= 15 is 0 Å². The quantitative estimate of drug-likeness (QED) is 0.322. The van der Waals surface area contributed by atoms with Gasteiger partial charge in [-0.25, -0.2) is 4.99 Å². The zero-order valence-corrected chi connectivity index (χ0v) is 21.8. The van der Waals surface area contributed by atoms with E-state index in [1.54, 1.807) is 19.0 Å². The fourth-order valence-corrected chi connectivity index (χ4v) is 4.13. The van der Waals surface area contributed by atoms with Crippen molar-refractivity contribution in [2.24, 2.45) is 10.9 Å². The second-order valence-corrected chi connectivity index (χ2v) is 8.77. The third-order valence-corrected chi connectivity index (χ3v) is 5.97. The van der Waals surface area contributed by atoms with Gasteiger partial charge in [-0.15, -0.1) is 24.0 Å². The van der Waals surface area contributed by atoms with Crippen molar-refractivity contribution in [1.82, 2.24) is 20.4 Å².